The van der Waals surface area contributed by atoms with Crippen molar-refractivity contribution in [3.8, 4) is 6.01 Å². The molecular weight excluding hydrogens is 348 g/mol. The highest BCUT2D eigenvalue weighted by atomic mass is 16.5. The molecular formula is C18H18N6O3. The van der Waals surface area contributed by atoms with E-state index in [1.54, 1.807) is 6.26 Å². The lowest BCUT2D eigenvalue weighted by Gasteiger charge is -2.10. The fourth-order valence-electron chi connectivity index (χ4n) is 2.70. The number of nitrogens with zero attached hydrogens (tertiary/aromatic N) is 3. The van der Waals surface area contributed by atoms with Crippen molar-refractivity contribution in [2.24, 2.45) is 0 Å². The van der Waals surface area contributed by atoms with Gasteiger partial charge < -0.3 is 25.1 Å². The minimum atomic E-state index is -0.00893. The van der Waals surface area contributed by atoms with Crippen molar-refractivity contribution in [1.29, 1.82) is 0 Å². The van der Waals surface area contributed by atoms with Crippen LogP contribution >= 0.6 is 0 Å². The second-order valence-electron chi connectivity index (χ2n) is 5.85. The maximum absolute atomic E-state index is 11.5. The number of hydrogen-bond donors (Lipinski definition) is 3. The maximum Gasteiger partial charge on any atom is 0.323 e. The molecule has 0 radical (unpaired) electrons. The van der Waals surface area contributed by atoms with Crippen LogP contribution in [0.15, 0.2) is 41.0 Å². The maximum atomic E-state index is 11.5. The third-order valence-corrected chi connectivity index (χ3v) is 3.88. The summed E-state index contributed by atoms with van der Waals surface area (Å²) in [6, 6.07) is 9.49. The molecule has 27 heavy (non-hydrogen) atoms. The van der Waals surface area contributed by atoms with Crippen LogP contribution in [-0.2, 0) is 17.8 Å². The van der Waals surface area contributed by atoms with E-state index in [4.69, 9.17) is 9.15 Å². The summed E-state index contributed by atoms with van der Waals surface area (Å²) in [4.78, 5) is 24.4. The number of nitrogens with one attached hydrogen (secondary N) is 3. The van der Waals surface area contributed by atoms with Crippen LogP contribution in [0.5, 0.6) is 6.01 Å². The van der Waals surface area contributed by atoms with Crippen LogP contribution in [0, 0.1) is 0 Å². The van der Waals surface area contributed by atoms with Crippen molar-refractivity contribution in [3.05, 3.63) is 47.9 Å². The zero-order valence-electron chi connectivity index (χ0n) is 14.7. The monoisotopic (exact) mass is 366 g/mol. The van der Waals surface area contributed by atoms with Gasteiger partial charge in [0.1, 0.15) is 5.76 Å². The molecule has 0 fully saturated rings. The molecule has 138 valence electrons. The fraction of sp³-hybridized carbons (Fsp3) is 0.222. The van der Waals surface area contributed by atoms with Gasteiger partial charge in [-0.1, -0.05) is 0 Å². The van der Waals surface area contributed by atoms with Crippen LogP contribution in [0.4, 0.5) is 23.3 Å². The molecule has 0 spiro atoms. The summed E-state index contributed by atoms with van der Waals surface area (Å²) in [6.45, 7) is 2.74. The highest BCUT2D eigenvalue weighted by molar-refractivity contribution is 5.99. The lowest BCUT2D eigenvalue weighted by atomic mass is 10.1. The number of fused-ring (bicyclic) bond motifs is 1. The van der Waals surface area contributed by atoms with Crippen molar-refractivity contribution in [1.82, 2.24) is 15.0 Å². The number of aromatic nitrogens is 3. The molecule has 3 N–H and O–H groups in total. The highest BCUT2D eigenvalue weighted by Crippen LogP contribution is 2.27. The number of amides is 1. The molecule has 4 rings (SSSR count). The Kier molecular flexibility index (Phi) is 4.56. The van der Waals surface area contributed by atoms with E-state index in [-0.39, 0.29) is 11.9 Å². The Hall–Kier alpha value is -3.62. The molecule has 2 aromatic heterocycles. The molecule has 0 aliphatic carbocycles. The number of carbonyl (C=O) groups is 1. The summed E-state index contributed by atoms with van der Waals surface area (Å²) in [5.41, 5.74) is 2.54. The number of anilines is 4. The van der Waals surface area contributed by atoms with Gasteiger partial charge in [0.15, 0.2) is 0 Å². The van der Waals surface area contributed by atoms with Crippen molar-refractivity contribution in [2.45, 2.75) is 19.9 Å². The SMILES string of the molecule is CCOc1nc(NCc2ccco2)nc(Nc2ccc3c(c2)CC(=O)N3)n1. The molecule has 0 saturated carbocycles. The molecule has 0 bridgehead atoms. The van der Waals surface area contributed by atoms with E-state index >= 15 is 0 Å². The molecule has 1 aromatic carbocycles. The van der Waals surface area contributed by atoms with Gasteiger partial charge in [0.25, 0.3) is 0 Å². The second kappa shape index (κ2) is 7.32. The molecule has 0 saturated heterocycles. The van der Waals surface area contributed by atoms with Crippen LogP contribution in [0.3, 0.4) is 0 Å². The molecule has 9 heteroatoms. The first-order chi connectivity index (χ1) is 13.2. The molecule has 1 amide bonds. The third kappa shape index (κ3) is 3.97. The number of ether oxygens (including phenoxy) is 1. The lowest BCUT2D eigenvalue weighted by Crippen LogP contribution is -2.09. The van der Waals surface area contributed by atoms with Crippen molar-refractivity contribution in [3.63, 3.8) is 0 Å². The smallest absolute Gasteiger partial charge is 0.323 e. The van der Waals surface area contributed by atoms with E-state index in [9.17, 15) is 4.79 Å². The quantitative estimate of drug-likeness (QED) is 0.585. The molecule has 1 aliphatic heterocycles. The van der Waals surface area contributed by atoms with Gasteiger partial charge in [-0.05, 0) is 42.8 Å². The van der Waals surface area contributed by atoms with Crippen LogP contribution in [0.2, 0.25) is 0 Å². The Morgan fingerprint density at radius 1 is 1.22 bits per heavy atom. The standard InChI is InChI=1S/C18H18N6O3/c1-2-26-18-23-16(19-10-13-4-3-7-27-13)22-17(24-18)20-12-5-6-14-11(8-12)9-15(25)21-14/h3-8H,2,9-10H2,1H3,(H,21,25)(H2,19,20,22,23,24). The summed E-state index contributed by atoms with van der Waals surface area (Å²) in [5.74, 6) is 1.46. The number of hydrogen-bond acceptors (Lipinski definition) is 8. The van der Waals surface area contributed by atoms with Gasteiger partial charge in [-0.3, -0.25) is 4.79 Å². The largest absolute Gasteiger partial charge is 0.467 e. The Morgan fingerprint density at radius 2 is 2.11 bits per heavy atom. The normalized spacial score (nSPS) is 12.4. The van der Waals surface area contributed by atoms with Gasteiger partial charge in [0, 0.05) is 11.4 Å². The van der Waals surface area contributed by atoms with Gasteiger partial charge in [-0.25, -0.2) is 0 Å². The van der Waals surface area contributed by atoms with E-state index in [0.717, 1.165) is 22.7 Å². The van der Waals surface area contributed by atoms with Gasteiger partial charge in [-0.15, -0.1) is 0 Å². The fourth-order valence-corrected chi connectivity index (χ4v) is 2.70. The number of carbonyl (C=O) groups excluding carboxylic acids is 1. The first-order valence-corrected chi connectivity index (χ1v) is 8.54. The van der Waals surface area contributed by atoms with Crippen LogP contribution in [-0.4, -0.2) is 27.5 Å². The topological polar surface area (TPSA) is 114 Å². The summed E-state index contributed by atoms with van der Waals surface area (Å²) in [5, 5.41) is 9.03. The first kappa shape index (κ1) is 16.8. The van der Waals surface area contributed by atoms with Gasteiger partial charge in [-0.2, -0.15) is 15.0 Å². The van der Waals surface area contributed by atoms with Crippen molar-refractivity contribution in [2.75, 3.05) is 22.6 Å². The third-order valence-electron chi connectivity index (χ3n) is 3.88. The summed E-state index contributed by atoms with van der Waals surface area (Å²) in [6.07, 6.45) is 1.97. The van der Waals surface area contributed by atoms with E-state index < -0.39 is 0 Å². The summed E-state index contributed by atoms with van der Waals surface area (Å²) < 4.78 is 10.7. The van der Waals surface area contributed by atoms with Gasteiger partial charge >= 0.3 is 6.01 Å². The second-order valence-corrected chi connectivity index (χ2v) is 5.85. The average molecular weight is 366 g/mol. The first-order valence-electron chi connectivity index (χ1n) is 8.54. The van der Waals surface area contributed by atoms with E-state index in [0.29, 0.717) is 31.5 Å². The van der Waals surface area contributed by atoms with E-state index in [1.807, 2.05) is 37.3 Å². The zero-order valence-corrected chi connectivity index (χ0v) is 14.7. The van der Waals surface area contributed by atoms with Crippen LogP contribution in [0.1, 0.15) is 18.2 Å². The molecule has 1 aliphatic rings. The predicted octanol–water partition coefficient (Wildman–Crippen LogP) is 2.71. The predicted molar refractivity (Wildman–Crippen MR) is 99.1 cm³/mol. The van der Waals surface area contributed by atoms with E-state index in [2.05, 4.69) is 30.9 Å². The van der Waals surface area contributed by atoms with Gasteiger partial charge in [0.05, 0.1) is 25.8 Å². The molecule has 9 nitrogen and oxygen atoms in total. The van der Waals surface area contributed by atoms with Crippen molar-refractivity contribution < 1.29 is 13.9 Å². The Bertz CT molecular complexity index is 958. The molecule has 0 atom stereocenters. The minimum Gasteiger partial charge on any atom is -0.467 e. The highest BCUT2D eigenvalue weighted by Gasteiger charge is 2.18. The molecule has 3 heterocycles. The Balaban J connectivity index is 1.54. The summed E-state index contributed by atoms with van der Waals surface area (Å²) >= 11 is 0. The minimum absolute atomic E-state index is 0.00893. The van der Waals surface area contributed by atoms with Crippen LogP contribution in [0.25, 0.3) is 0 Å². The van der Waals surface area contributed by atoms with Crippen molar-refractivity contribution >= 4 is 29.2 Å². The lowest BCUT2D eigenvalue weighted by molar-refractivity contribution is -0.115. The number of benzene rings is 1. The number of rotatable bonds is 7. The average Bonchev–Trinajstić information content (AvgIpc) is 3.28. The molecule has 0 unspecified atom stereocenters. The molecule has 3 aromatic rings. The zero-order chi connectivity index (χ0) is 18.6. The number of furan rings is 1. The van der Waals surface area contributed by atoms with Crippen LogP contribution < -0.4 is 20.7 Å². The Morgan fingerprint density at radius 3 is 2.93 bits per heavy atom. The van der Waals surface area contributed by atoms with Gasteiger partial charge in [0.2, 0.25) is 17.8 Å². The van der Waals surface area contributed by atoms with E-state index in [1.165, 1.54) is 0 Å². The Labute approximate surface area is 155 Å². The summed E-state index contributed by atoms with van der Waals surface area (Å²) in [7, 11) is 0.